The fourth-order valence-electron chi connectivity index (χ4n) is 3.72. The van der Waals surface area contributed by atoms with Gasteiger partial charge >= 0.3 is 0 Å². The van der Waals surface area contributed by atoms with Gasteiger partial charge in [0.1, 0.15) is 18.2 Å². The van der Waals surface area contributed by atoms with Crippen molar-refractivity contribution in [2.45, 2.75) is 27.0 Å². The number of hydrazone groups is 1. The van der Waals surface area contributed by atoms with Crippen molar-refractivity contribution in [3.05, 3.63) is 86.8 Å². The number of methoxy groups -OCH3 is 2. The molecule has 3 aromatic rings. The molecule has 202 valence electrons. The van der Waals surface area contributed by atoms with Crippen molar-refractivity contribution in [3.8, 4) is 17.6 Å². The molecule has 1 aromatic heterocycles. The Balaban J connectivity index is 1.60. The van der Waals surface area contributed by atoms with Gasteiger partial charge in [-0.05, 0) is 61.4 Å². The van der Waals surface area contributed by atoms with Crippen LogP contribution in [0.5, 0.6) is 11.5 Å². The van der Waals surface area contributed by atoms with Crippen molar-refractivity contribution in [2.75, 3.05) is 26.1 Å². The van der Waals surface area contributed by atoms with E-state index < -0.39 is 11.5 Å². The second-order valence-electron chi connectivity index (χ2n) is 8.53. The van der Waals surface area contributed by atoms with E-state index in [4.69, 9.17) is 14.2 Å². The SMILES string of the molecule is COCc1cc(C)n(CC(=O)N/N=C/c2ccc(OCC(=O)Nc3cccc(C)c3)c(OC)c2)c(=O)c1C#N. The van der Waals surface area contributed by atoms with Crippen molar-refractivity contribution >= 4 is 23.7 Å². The Morgan fingerprint density at radius 3 is 2.56 bits per heavy atom. The minimum atomic E-state index is -0.573. The monoisotopic (exact) mass is 531 g/mol. The van der Waals surface area contributed by atoms with Crippen LogP contribution in [0.15, 0.2) is 58.4 Å². The Morgan fingerprint density at radius 2 is 1.87 bits per heavy atom. The van der Waals surface area contributed by atoms with Gasteiger partial charge in [0.05, 0.1) is 19.9 Å². The highest BCUT2D eigenvalue weighted by atomic mass is 16.5. The van der Waals surface area contributed by atoms with Gasteiger partial charge in [-0.3, -0.25) is 14.4 Å². The van der Waals surface area contributed by atoms with Crippen LogP contribution in [0.3, 0.4) is 0 Å². The predicted molar refractivity (Wildman–Crippen MR) is 145 cm³/mol. The highest BCUT2D eigenvalue weighted by Crippen LogP contribution is 2.27. The van der Waals surface area contributed by atoms with Crippen LogP contribution in [-0.2, 0) is 27.5 Å². The predicted octanol–water partition coefficient (Wildman–Crippen LogP) is 2.66. The van der Waals surface area contributed by atoms with Gasteiger partial charge in [-0.1, -0.05) is 12.1 Å². The van der Waals surface area contributed by atoms with E-state index in [2.05, 4.69) is 15.8 Å². The number of hydrogen-bond donors (Lipinski definition) is 2. The first-order valence-electron chi connectivity index (χ1n) is 11.9. The summed E-state index contributed by atoms with van der Waals surface area (Å²) in [6.07, 6.45) is 1.40. The number of ether oxygens (including phenoxy) is 3. The van der Waals surface area contributed by atoms with Gasteiger partial charge in [-0.25, -0.2) is 5.43 Å². The zero-order valence-electron chi connectivity index (χ0n) is 22.1. The first kappa shape index (κ1) is 28.6. The molecule has 2 aromatic carbocycles. The van der Waals surface area contributed by atoms with Gasteiger partial charge in [-0.15, -0.1) is 0 Å². The maximum absolute atomic E-state index is 12.7. The Morgan fingerprint density at radius 1 is 1.08 bits per heavy atom. The van der Waals surface area contributed by atoms with Crippen molar-refractivity contribution in [3.63, 3.8) is 0 Å². The fraction of sp³-hybridized carbons (Fsp3) is 0.250. The third-order valence-electron chi connectivity index (χ3n) is 5.55. The van der Waals surface area contributed by atoms with Gasteiger partial charge in [0, 0.05) is 24.1 Å². The van der Waals surface area contributed by atoms with E-state index >= 15 is 0 Å². The molecule has 0 saturated carbocycles. The molecule has 3 rings (SSSR count). The normalized spacial score (nSPS) is 10.6. The van der Waals surface area contributed by atoms with E-state index in [9.17, 15) is 19.6 Å². The number of aryl methyl sites for hydroxylation is 2. The van der Waals surface area contributed by atoms with Crippen LogP contribution in [0.25, 0.3) is 0 Å². The first-order chi connectivity index (χ1) is 18.7. The highest BCUT2D eigenvalue weighted by Gasteiger charge is 2.15. The number of benzene rings is 2. The van der Waals surface area contributed by atoms with Crippen LogP contribution >= 0.6 is 0 Å². The molecule has 0 aliphatic rings. The van der Waals surface area contributed by atoms with Crippen LogP contribution in [0.1, 0.15) is 27.9 Å². The molecule has 0 fully saturated rings. The Bertz CT molecular complexity index is 1490. The summed E-state index contributed by atoms with van der Waals surface area (Å²) in [5.74, 6) is -0.138. The third kappa shape index (κ3) is 7.77. The fourth-order valence-corrected chi connectivity index (χ4v) is 3.72. The molecular formula is C28H29N5O6. The number of hydrogen-bond acceptors (Lipinski definition) is 8. The van der Waals surface area contributed by atoms with Gasteiger partial charge in [-0.2, -0.15) is 10.4 Å². The number of nitrogens with one attached hydrogen (secondary N) is 2. The molecule has 0 saturated heterocycles. The first-order valence-corrected chi connectivity index (χ1v) is 11.9. The summed E-state index contributed by atoms with van der Waals surface area (Å²) in [5, 5.41) is 16.1. The number of carbonyl (C=O) groups excluding carboxylic acids is 2. The summed E-state index contributed by atoms with van der Waals surface area (Å²) in [6.45, 7) is 3.19. The number of pyridine rings is 1. The summed E-state index contributed by atoms with van der Waals surface area (Å²) in [7, 11) is 2.93. The van der Waals surface area contributed by atoms with Crippen molar-refractivity contribution < 1.29 is 23.8 Å². The van der Waals surface area contributed by atoms with Gasteiger partial charge in [0.2, 0.25) is 0 Å². The third-order valence-corrected chi connectivity index (χ3v) is 5.55. The van der Waals surface area contributed by atoms with Crippen LogP contribution in [-0.4, -0.2) is 43.4 Å². The molecule has 0 bridgehead atoms. The lowest BCUT2D eigenvalue weighted by atomic mass is 10.1. The van der Waals surface area contributed by atoms with Gasteiger partial charge in [0.25, 0.3) is 17.4 Å². The molecule has 11 nitrogen and oxygen atoms in total. The molecule has 0 atom stereocenters. The smallest absolute Gasteiger partial charge is 0.269 e. The van der Waals surface area contributed by atoms with E-state index in [1.54, 1.807) is 37.3 Å². The van der Waals surface area contributed by atoms with Crippen LogP contribution < -0.4 is 25.8 Å². The minimum Gasteiger partial charge on any atom is -0.493 e. The maximum atomic E-state index is 12.7. The van der Waals surface area contributed by atoms with E-state index in [-0.39, 0.29) is 31.2 Å². The molecular weight excluding hydrogens is 502 g/mol. The number of amides is 2. The molecule has 39 heavy (non-hydrogen) atoms. The number of nitrogens with zero attached hydrogens (tertiary/aromatic N) is 3. The summed E-state index contributed by atoms with van der Waals surface area (Å²) < 4.78 is 17.2. The van der Waals surface area contributed by atoms with Crippen LogP contribution in [0.2, 0.25) is 0 Å². The molecule has 11 heteroatoms. The number of rotatable bonds is 11. The molecule has 0 aliphatic carbocycles. The van der Waals surface area contributed by atoms with Gasteiger partial charge in [0.15, 0.2) is 18.1 Å². The Hall–Kier alpha value is -4.95. The lowest BCUT2D eigenvalue weighted by Gasteiger charge is -2.12. The Labute approximate surface area is 225 Å². The van der Waals surface area contributed by atoms with E-state index in [0.717, 1.165) is 5.56 Å². The second kappa shape index (κ2) is 13.6. The topological polar surface area (TPSA) is 144 Å². The van der Waals surface area contributed by atoms with Gasteiger partial charge < -0.3 is 24.1 Å². The van der Waals surface area contributed by atoms with Crippen LogP contribution in [0.4, 0.5) is 5.69 Å². The Kier molecular flexibility index (Phi) is 9.94. The highest BCUT2D eigenvalue weighted by molar-refractivity contribution is 5.92. The summed E-state index contributed by atoms with van der Waals surface area (Å²) in [6, 6.07) is 15.9. The number of aromatic nitrogens is 1. The molecule has 2 N–H and O–H groups in total. The minimum absolute atomic E-state index is 0.0687. The average molecular weight is 532 g/mol. The number of anilines is 1. The zero-order valence-corrected chi connectivity index (χ0v) is 22.1. The molecule has 0 radical (unpaired) electrons. The van der Waals surface area contributed by atoms with E-state index in [0.29, 0.717) is 34.0 Å². The maximum Gasteiger partial charge on any atom is 0.269 e. The lowest BCUT2D eigenvalue weighted by Crippen LogP contribution is -2.33. The van der Waals surface area contributed by atoms with Crippen molar-refractivity contribution in [2.24, 2.45) is 5.10 Å². The van der Waals surface area contributed by atoms with Crippen molar-refractivity contribution in [1.82, 2.24) is 9.99 Å². The molecule has 2 amide bonds. The largest absolute Gasteiger partial charge is 0.493 e. The molecule has 1 heterocycles. The van der Waals surface area contributed by atoms with E-state index in [1.807, 2.05) is 31.2 Å². The van der Waals surface area contributed by atoms with Crippen LogP contribution in [0, 0.1) is 25.2 Å². The van der Waals surface area contributed by atoms with Crippen molar-refractivity contribution in [1.29, 1.82) is 5.26 Å². The number of nitriles is 1. The summed E-state index contributed by atoms with van der Waals surface area (Å²) >= 11 is 0. The standard InChI is InChI=1S/C28H29N5O6/c1-18-6-5-7-22(10-18)31-27(35)17-39-24-9-8-20(12-25(24)38-4)14-30-32-26(34)15-33-19(2)11-21(16-37-3)23(13-29)28(33)36/h5-12,14H,15-17H2,1-4H3,(H,31,35)(H,32,34)/b30-14+. The summed E-state index contributed by atoms with van der Waals surface area (Å²) in [5.41, 5.74) is 5.00. The van der Waals surface area contributed by atoms with E-state index in [1.165, 1.54) is 25.0 Å². The lowest BCUT2D eigenvalue weighted by molar-refractivity contribution is -0.121. The molecule has 0 unspecified atom stereocenters. The number of carbonyl (C=O) groups is 2. The quantitative estimate of drug-likeness (QED) is 0.286. The molecule has 0 aliphatic heterocycles. The zero-order chi connectivity index (χ0) is 28.4. The summed E-state index contributed by atoms with van der Waals surface area (Å²) in [4.78, 5) is 37.3. The average Bonchev–Trinajstić information content (AvgIpc) is 2.90. The molecule has 0 spiro atoms. The second-order valence-corrected chi connectivity index (χ2v) is 8.53.